The molecule has 166 valence electrons. The number of fused-ring (bicyclic) bond motifs is 1. The van der Waals surface area contributed by atoms with Gasteiger partial charge in [0.25, 0.3) is 0 Å². The Labute approximate surface area is 187 Å². The van der Waals surface area contributed by atoms with E-state index >= 15 is 0 Å². The second-order valence-electron chi connectivity index (χ2n) is 10.0. The number of nitrogens with two attached hydrogens (primary N) is 1. The maximum atomic E-state index is 6.51. The first-order valence-electron chi connectivity index (χ1n) is 11.5. The van der Waals surface area contributed by atoms with Crippen LogP contribution in [0.15, 0.2) is 42.6 Å². The molecule has 0 saturated carbocycles. The summed E-state index contributed by atoms with van der Waals surface area (Å²) in [5.74, 6) is 0. The van der Waals surface area contributed by atoms with Crippen molar-refractivity contribution in [1.29, 1.82) is 0 Å². The van der Waals surface area contributed by atoms with Gasteiger partial charge in [0.1, 0.15) is 6.73 Å². The highest BCUT2D eigenvalue weighted by atomic mass is 28.3. The fourth-order valence-corrected chi connectivity index (χ4v) is 4.99. The van der Waals surface area contributed by atoms with Crippen molar-refractivity contribution in [1.82, 2.24) is 14.7 Å². The van der Waals surface area contributed by atoms with E-state index in [0.29, 0.717) is 6.73 Å². The molecule has 1 aliphatic rings. The molecule has 3 aromatic rings. The molecule has 1 aliphatic heterocycles. The third kappa shape index (κ3) is 5.76. The zero-order chi connectivity index (χ0) is 21.8. The van der Waals surface area contributed by atoms with Crippen LogP contribution in [0.3, 0.4) is 0 Å². The minimum Gasteiger partial charge on any atom is -0.398 e. The van der Waals surface area contributed by atoms with Gasteiger partial charge in [-0.15, -0.1) is 0 Å². The lowest BCUT2D eigenvalue weighted by atomic mass is 9.99. The van der Waals surface area contributed by atoms with Crippen LogP contribution in [0, 0.1) is 0 Å². The first kappa shape index (κ1) is 22.1. The molecule has 5 nitrogen and oxygen atoms in total. The number of benzene rings is 2. The summed E-state index contributed by atoms with van der Waals surface area (Å²) < 4.78 is 7.80. The minimum atomic E-state index is -1.08. The number of piperidine rings is 1. The molecule has 2 aromatic carbocycles. The highest BCUT2D eigenvalue weighted by Gasteiger charge is 2.14. The molecular formula is C25H36N4OSi. The van der Waals surface area contributed by atoms with E-state index in [1.807, 2.05) is 16.9 Å². The molecule has 1 fully saturated rings. The molecule has 31 heavy (non-hydrogen) atoms. The molecule has 0 radical (unpaired) electrons. The Morgan fingerprint density at radius 3 is 2.65 bits per heavy atom. The Morgan fingerprint density at radius 1 is 1.06 bits per heavy atom. The normalized spacial score (nSPS) is 15.6. The fourth-order valence-electron chi connectivity index (χ4n) is 4.24. The lowest BCUT2D eigenvalue weighted by molar-refractivity contribution is 0.0817. The van der Waals surface area contributed by atoms with Crippen LogP contribution in [-0.4, -0.2) is 42.5 Å². The van der Waals surface area contributed by atoms with E-state index < -0.39 is 8.07 Å². The highest BCUT2D eigenvalue weighted by molar-refractivity contribution is 6.76. The Bertz CT molecular complexity index is 1020. The maximum absolute atomic E-state index is 6.51. The van der Waals surface area contributed by atoms with Gasteiger partial charge in [-0.3, -0.25) is 4.90 Å². The Kier molecular flexibility index (Phi) is 6.79. The topological polar surface area (TPSA) is 56.3 Å². The lowest BCUT2D eigenvalue weighted by Gasteiger charge is -2.26. The zero-order valence-electron chi connectivity index (χ0n) is 19.2. The Morgan fingerprint density at radius 2 is 1.87 bits per heavy atom. The van der Waals surface area contributed by atoms with Crippen LogP contribution >= 0.6 is 0 Å². The molecule has 0 bridgehead atoms. The van der Waals surface area contributed by atoms with Crippen molar-refractivity contribution in [2.75, 3.05) is 25.4 Å². The average molecular weight is 437 g/mol. The summed E-state index contributed by atoms with van der Waals surface area (Å²) >= 11 is 0. The minimum absolute atomic E-state index is 0.470. The molecule has 1 aromatic heterocycles. The second-order valence-corrected chi connectivity index (χ2v) is 15.6. The molecule has 0 unspecified atom stereocenters. The largest absolute Gasteiger partial charge is 0.398 e. The van der Waals surface area contributed by atoms with Crippen LogP contribution in [0.5, 0.6) is 0 Å². The van der Waals surface area contributed by atoms with Gasteiger partial charge in [-0.1, -0.05) is 44.3 Å². The van der Waals surface area contributed by atoms with E-state index in [1.54, 1.807) is 0 Å². The predicted molar refractivity (Wildman–Crippen MR) is 133 cm³/mol. The first-order valence-corrected chi connectivity index (χ1v) is 15.2. The van der Waals surface area contributed by atoms with Gasteiger partial charge in [0.2, 0.25) is 0 Å². The highest BCUT2D eigenvalue weighted by Crippen LogP contribution is 2.31. The van der Waals surface area contributed by atoms with Crippen LogP contribution in [0.1, 0.15) is 24.8 Å². The number of aromatic nitrogens is 2. The predicted octanol–water partition coefficient (Wildman–Crippen LogP) is 5.58. The van der Waals surface area contributed by atoms with Gasteiger partial charge in [0.05, 0.1) is 11.7 Å². The van der Waals surface area contributed by atoms with Crippen molar-refractivity contribution in [2.24, 2.45) is 0 Å². The van der Waals surface area contributed by atoms with Crippen LogP contribution in [0.25, 0.3) is 22.0 Å². The number of ether oxygens (including phenoxy) is 1. The lowest BCUT2D eigenvalue weighted by Crippen LogP contribution is -2.29. The summed E-state index contributed by atoms with van der Waals surface area (Å²) in [4.78, 5) is 2.56. The summed E-state index contributed by atoms with van der Waals surface area (Å²) in [6, 6.07) is 14.2. The number of anilines is 1. The van der Waals surface area contributed by atoms with Crippen molar-refractivity contribution >= 4 is 24.7 Å². The standard InChI is InChI=1S/C25H36N4OSi/c1-31(2,3)13-12-30-19-29-25-16-24(26)23(15-22(25)17-27-29)21-9-7-8-20(14-21)18-28-10-5-4-6-11-28/h7-9,14-17H,4-6,10-13,18-19,26H2,1-3H3. The molecule has 2 N–H and O–H groups in total. The molecule has 0 spiro atoms. The van der Waals surface area contributed by atoms with E-state index in [0.717, 1.165) is 41.3 Å². The second kappa shape index (κ2) is 9.55. The number of hydrogen-bond acceptors (Lipinski definition) is 4. The number of nitrogens with zero attached hydrogens (tertiary/aromatic N) is 3. The van der Waals surface area contributed by atoms with E-state index in [4.69, 9.17) is 10.5 Å². The van der Waals surface area contributed by atoms with Gasteiger partial charge in [-0.2, -0.15) is 5.10 Å². The van der Waals surface area contributed by atoms with Gasteiger partial charge >= 0.3 is 0 Å². The quantitative estimate of drug-likeness (QED) is 0.284. The van der Waals surface area contributed by atoms with E-state index in [1.165, 1.54) is 43.5 Å². The van der Waals surface area contributed by atoms with Gasteiger partial charge in [0, 0.05) is 37.9 Å². The first-order chi connectivity index (χ1) is 14.9. The molecule has 0 aliphatic carbocycles. The van der Waals surface area contributed by atoms with Gasteiger partial charge in [-0.25, -0.2) is 4.68 Å². The molecule has 2 heterocycles. The molecule has 6 heteroatoms. The smallest absolute Gasteiger partial charge is 0.139 e. The summed E-state index contributed by atoms with van der Waals surface area (Å²) in [6.45, 7) is 11.8. The van der Waals surface area contributed by atoms with Crippen molar-refractivity contribution in [3.05, 3.63) is 48.2 Å². The van der Waals surface area contributed by atoms with Crippen molar-refractivity contribution < 1.29 is 4.74 Å². The van der Waals surface area contributed by atoms with Crippen LogP contribution < -0.4 is 5.73 Å². The molecule has 0 atom stereocenters. The monoisotopic (exact) mass is 436 g/mol. The van der Waals surface area contributed by atoms with Crippen molar-refractivity contribution in [3.8, 4) is 11.1 Å². The van der Waals surface area contributed by atoms with E-state index in [-0.39, 0.29) is 0 Å². The number of likely N-dealkylation sites (tertiary alicyclic amines) is 1. The van der Waals surface area contributed by atoms with Crippen LogP contribution in [0.2, 0.25) is 25.7 Å². The van der Waals surface area contributed by atoms with Crippen molar-refractivity contribution in [2.45, 2.75) is 58.2 Å². The summed E-state index contributed by atoms with van der Waals surface area (Å²) in [5.41, 5.74) is 11.9. The van der Waals surface area contributed by atoms with Gasteiger partial charge in [0.15, 0.2) is 0 Å². The summed E-state index contributed by atoms with van der Waals surface area (Å²) in [7, 11) is -1.08. The molecular weight excluding hydrogens is 400 g/mol. The SMILES string of the molecule is C[Si](C)(C)CCOCn1ncc2cc(-c3cccc(CN4CCCCC4)c3)c(N)cc21. The number of hydrogen-bond donors (Lipinski definition) is 1. The van der Waals surface area contributed by atoms with E-state index in [9.17, 15) is 0 Å². The third-order valence-corrected chi connectivity index (χ3v) is 7.82. The molecule has 0 amide bonds. The summed E-state index contributed by atoms with van der Waals surface area (Å²) in [6.07, 6.45) is 5.91. The maximum Gasteiger partial charge on any atom is 0.139 e. The Balaban J connectivity index is 1.50. The van der Waals surface area contributed by atoms with Crippen LogP contribution in [-0.2, 0) is 18.0 Å². The van der Waals surface area contributed by atoms with Gasteiger partial charge in [-0.05, 0) is 61.3 Å². The number of nitrogen functional groups attached to an aromatic ring is 1. The van der Waals surface area contributed by atoms with E-state index in [2.05, 4.69) is 60.0 Å². The summed E-state index contributed by atoms with van der Waals surface area (Å²) in [5, 5.41) is 5.64. The zero-order valence-corrected chi connectivity index (χ0v) is 20.2. The third-order valence-electron chi connectivity index (χ3n) is 6.12. The number of rotatable bonds is 8. The van der Waals surface area contributed by atoms with Crippen LogP contribution in [0.4, 0.5) is 5.69 Å². The molecule has 1 saturated heterocycles. The van der Waals surface area contributed by atoms with Crippen molar-refractivity contribution in [3.63, 3.8) is 0 Å². The average Bonchev–Trinajstić information content (AvgIpc) is 3.12. The fraction of sp³-hybridized carbons (Fsp3) is 0.480. The molecule has 4 rings (SSSR count). The Hall–Kier alpha value is -2.15. The van der Waals surface area contributed by atoms with Gasteiger partial charge < -0.3 is 10.5 Å².